The van der Waals surface area contributed by atoms with Gasteiger partial charge in [0.25, 0.3) is 0 Å². The van der Waals surface area contributed by atoms with Gasteiger partial charge in [0.1, 0.15) is 0 Å². The fraction of sp³-hybridized carbons (Fsp3) is 0.0769. The predicted octanol–water partition coefficient (Wildman–Crippen LogP) is 2.17. The van der Waals surface area contributed by atoms with Gasteiger partial charge in [-0.15, -0.1) is 0 Å². The van der Waals surface area contributed by atoms with Crippen LogP contribution in [0.5, 0.6) is 0 Å². The molecule has 18 heavy (non-hydrogen) atoms. The Bertz CT molecular complexity index is 718. The first-order valence-corrected chi connectivity index (χ1v) is 5.40. The van der Waals surface area contributed by atoms with E-state index in [0.717, 1.165) is 21.2 Å². The van der Waals surface area contributed by atoms with Gasteiger partial charge >= 0.3 is 5.97 Å². The Morgan fingerprint density at radius 1 is 1.28 bits per heavy atom. The summed E-state index contributed by atoms with van der Waals surface area (Å²) < 4.78 is 5.36. The third-order valence-corrected chi connectivity index (χ3v) is 2.89. The average molecular weight is 242 g/mol. The van der Waals surface area contributed by atoms with Crippen molar-refractivity contribution in [3.63, 3.8) is 0 Å². The Kier molecular flexibility index (Phi) is 2.19. The third-order valence-electron chi connectivity index (χ3n) is 2.89. The summed E-state index contributed by atoms with van der Waals surface area (Å²) in [6.45, 7) is 0. The summed E-state index contributed by atoms with van der Waals surface area (Å²) in [7, 11) is 1.27. The molecule has 1 aromatic rings. The summed E-state index contributed by atoms with van der Waals surface area (Å²) in [5.41, 5.74) is 1.62. The zero-order chi connectivity index (χ0) is 12.7. The monoisotopic (exact) mass is 242 g/mol. The number of fused-ring (bicyclic) bond motifs is 3. The minimum Gasteiger partial charge on any atom is -0.464 e. The van der Waals surface area contributed by atoms with Crippen molar-refractivity contribution < 1.29 is 14.7 Å². The number of benzene rings is 1. The van der Waals surface area contributed by atoms with Crippen molar-refractivity contribution in [3.05, 3.63) is 42.1 Å². The van der Waals surface area contributed by atoms with Crippen LogP contribution in [0.15, 0.2) is 36.4 Å². The molecule has 0 saturated carbocycles. The molecule has 0 fully saturated rings. The number of ether oxygens (including phenoxy) is 1. The maximum Gasteiger partial charge on any atom is 0.358 e. The minimum atomic E-state index is -0.605. The van der Waals surface area contributed by atoms with Crippen LogP contribution in [0.25, 0.3) is 22.3 Å². The summed E-state index contributed by atoms with van der Waals surface area (Å²) in [5, 5.41) is 10.9. The van der Waals surface area contributed by atoms with E-state index in [4.69, 9.17) is 0 Å². The van der Waals surface area contributed by atoms with Gasteiger partial charge < -0.3 is 9.94 Å². The topological polar surface area (TPSA) is 64.3 Å². The first-order chi connectivity index (χ1) is 8.72. The van der Waals surface area contributed by atoms with Crippen LogP contribution in [0.2, 0.25) is 0 Å². The predicted molar refractivity (Wildman–Crippen MR) is 64.9 cm³/mol. The number of carbonyl (C=O) groups is 1. The first kappa shape index (κ1) is 10.6. The van der Waals surface area contributed by atoms with Crippen molar-refractivity contribution in [3.8, 4) is 11.4 Å². The lowest BCUT2D eigenvalue weighted by molar-refractivity contribution is 0.0546. The lowest BCUT2D eigenvalue weighted by Crippen LogP contribution is -2.13. The quantitative estimate of drug-likeness (QED) is 0.524. The van der Waals surface area contributed by atoms with Gasteiger partial charge in [0, 0.05) is 10.9 Å². The van der Waals surface area contributed by atoms with Gasteiger partial charge in [0.15, 0.2) is 11.5 Å². The number of carbonyl (C=O) groups excluding carboxylic acids is 1. The molecule has 0 spiro atoms. The molecule has 0 unspecified atom stereocenters. The average Bonchev–Trinajstić information content (AvgIpc) is 2.78. The summed E-state index contributed by atoms with van der Waals surface area (Å²) >= 11 is 0. The maximum atomic E-state index is 11.5. The second-order valence-corrected chi connectivity index (χ2v) is 3.89. The van der Waals surface area contributed by atoms with E-state index in [1.54, 1.807) is 6.07 Å². The zero-order valence-electron chi connectivity index (χ0n) is 9.62. The highest BCUT2D eigenvalue weighted by Crippen LogP contribution is 2.30. The molecule has 0 aromatic heterocycles. The first-order valence-electron chi connectivity index (χ1n) is 5.40. The zero-order valence-corrected chi connectivity index (χ0v) is 9.62. The number of hydrogen-bond donors (Lipinski definition) is 1. The standard InChI is InChI=1S/C13H10N2O3/c1-18-13(16)11-7-6-9-8-4-2-3-5-10(8)14-12(9)15(11)17/h2-7,17H,1H3. The van der Waals surface area contributed by atoms with Crippen LogP contribution in [-0.4, -0.2) is 28.0 Å². The molecule has 1 N–H and O–H groups in total. The van der Waals surface area contributed by atoms with Crippen molar-refractivity contribution in [2.45, 2.75) is 0 Å². The highest BCUT2D eigenvalue weighted by atomic mass is 16.5. The van der Waals surface area contributed by atoms with Crippen LogP contribution in [-0.2, 0) is 4.74 Å². The van der Waals surface area contributed by atoms with Gasteiger partial charge in [-0.1, -0.05) is 18.2 Å². The van der Waals surface area contributed by atoms with E-state index >= 15 is 0 Å². The van der Waals surface area contributed by atoms with Gasteiger partial charge in [-0.2, -0.15) is 4.73 Å². The molecule has 0 aliphatic carbocycles. The lowest BCUT2D eigenvalue weighted by Gasteiger charge is -2.09. The summed E-state index contributed by atoms with van der Waals surface area (Å²) in [4.78, 5) is 15.8. The number of methoxy groups -OCH3 is 1. The Morgan fingerprint density at radius 3 is 2.83 bits per heavy atom. The molecule has 5 heteroatoms. The number of nitrogens with zero attached hydrogens (tertiary/aromatic N) is 2. The van der Waals surface area contributed by atoms with Crippen molar-refractivity contribution >= 4 is 16.9 Å². The van der Waals surface area contributed by atoms with Gasteiger partial charge in [0.2, 0.25) is 0 Å². The van der Waals surface area contributed by atoms with Crippen LogP contribution in [0.4, 0.5) is 0 Å². The van der Waals surface area contributed by atoms with E-state index in [0.29, 0.717) is 5.82 Å². The van der Waals surface area contributed by atoms with E-state index < -0.39 is 5.97 Å². The minimum absolute atomic E-state index is 0.0489. The number of para-hydroxylation sites is 1. The smallest absolute Gasteiger partial charge is 0.358 e. The van der Waals surface area contributed by atoms with Crippen LogP contribution >= 0.6 is 0 Å². The number of hydrogen-bond acceptors (Lipinski definition) is 4. The molecule has 0 radical (unpaired) electrons. The van der Waals surface area contributed by atoms with E-state index in [1.807, 2.05) is 24.3 Å². The number of rotatable bonds is 1. The molecule has 0 amide bonds. The van der Waals surface area contributed by atoms with Crippen LogP contribution in [0.1, 0.15) is 10.5 Å². The van der Waals surface area contributed by atoms with Crippen LogP contribution < -0.4 is 0 Å². The SMILES string of the molecule is COC(=O)c1ccc2c3ccccc3nc-2n1O. The van der Waals surface area contributed by atoms with Gasteiger partial charge in [-0.05, 0) is 18.2 Å². The Balaban J connectivity index is 2.35. The lowest BCUT2D eigenvalue weighted by atomic mass is 10.1. The molecular formula is C13H10N2O3. The molecule has 2 aliphatic heterocycles. The second kappa shape index (κ2) is 3.73. The molecule has 1 aromatic carbocycles. The van der Waals surface area contributed by atoms with E-state index in [2.05, 4.69) is 9.72 Å². The van der Waals surface area contributed by atoms with Crippen molar-refractivity contribution in [2.24, 2.45) is 0 Å². The number of aromatic nitrogens is 2. The molecule has 3 rings (SSSR count). The van der Waals surface area contributed by atoms with Crippen LogP contribution in [0, 0.1) is 0 Å². The van der Waals surface area contributed by atoms with E-state index in [-0.39, 0.29) is 5.69 Å². The van der Waals surface area contributed by atoms with Crippen molar-refractivity contribution in [1.82, 2.24) is 9.71 Å². The fourth-order valence-electron chi connectivity index (χ4n) is 2.03. The molecule has 5 nitrogen and oxygen atoms in total. The molecule has 0 bridgehead atoms. The highest BCUT2D eigenvalue weighted by Gasteiger charge is 2.20. The van der Waals surface area contributed by atoms with E-state index in [9.17, 15) is 10.0 Å². The second-order valence-electron chi connectivity index (χ2n) is 3.89. The summed E-state index contributed by atoms with van der Waals surface area (Å²) in [5.74, 6) is -0.259. The van der Waals surface area contributed by atoms with Crippen molar-refractivity contribution in [1.29, 1.82) is 0 Å². The third kappa shape index (κ3) is 1.34. The van der Waals surface area contributed by atoms with Gasteiger partial charge in [0.05, 0.1) is 12.6 Å². The molecule has 2 heterocycles. The van der Waals surface area contributed by atoms with Crippen LogP contribution in [0.3, 0.4) is 0 Å². The highest BCUT2D eigenvalue weighted by molar-refractivity contribution is 5.98. The number of esters is 1. The van der Waals surface area contributed by atoms with Gasteiger partial charge in [-0.25, -0.2) is 9.78 Å². The molecule has 0 atom stereocenters. The normalized spacial score (nSPS) is 10.9. The molecular weight excluding hydrogens is 232 g/mol. The largest absolute Gasteiger partial charge is 0.464 e. The van der Waals surface area contributed by atoms with Crippen molar-refractivity contribution in [2.75, 3.05) is 7.11 Å². The Hall–Kier alpha value is -2.56. The Morgan fingerprint density at radius 2 is 2.06 bits per heavy atom. The maximum absolute atomic E-state index is 11.5. The van der Waals surface area contributed by atoms with E-state index in [1.165, 1.54) is 13.2 Å². The molecule has 90 valence electrons. The molecule has 0 saturated heterocycles. The molecule has 2 aliphatic rings. The number of pyridine rings is 1. The Labute approximate surface area is 103 Å². The summed E-state index contributed by atoms with van der Waals surface area (Å²) in [6, 6.07) is 10.8. The fourth-order valence-corrected chi connectivity index (χ4v) is 2.03. The van der Waals surface area contributed by atoms with Gasteiger partial charge in [-0.3, -0.25) is 0 Å². The summed E-state index contributed by atoms with van der Waals surface area (Å²) in [6.07, 6.45) is 0.